The molecular weight excluding hydrogens is 348 g/mol. The van der Waals surface area contributed by atoms with Gasteiger partial charge in [0.05, 0.1) is 45.2 Å². The first-order chi connectivity index (χ1) is 12.0. The molecule has 0 aliphatic heterocycles. The summed E-state index contributed by atoms with van der Waals surface area (Å²) in [6, 6.07) is 0. The van der Waals surface area contributed by atoms with Crippen LogP contribution in [0.5, 0.6) is 17.2 Å². The molecule has 0 fully saturated rings. The third-order valence-electron chi connectivity index (χ3n) is 3.70. The smallest absolute Gasteiger partial charge is 0.223 e. The SMILES string of the molecule is COc1cnc(Cn2nc(C)c3c(Cl)nc(N)nc32)c(OC)c1OC. The lowest BCUT2D eigenvalue weighted by atomic mass is 10.2. The number of methoxy groups -OCH3 is 3. The highest BCUT2D eigenvalue weighted by Crippen LogP contribution is 2.38. The number of halogens is 1. The maximum absolute atomic E-state index is 6.17. The predicted molar refractivity (Wildman–Crippen MR) is 92.5 cm³/mol. The molecule has 3 rings (SSSR count). The number of pyridine rings is 1. The van der Waals surface area contributed by atoms with E-state index >= 15 is 0 Å². The number of anilines is 1. The van der Waals surface area contributed by atoms with Crippen LogP contribution in [0.3, 0.4) is 0 Å². The van der Waals surface area contributed by atoms with Crippen molar-refractivity contribution in [3.63, 3.8) is 0 Å². The number of aryl methyl sites for hydroxylation is 1. The molecule has 0 aliphatic carbocycles. The molecule has 0 atom stereocenters. The Labute approximate surface area is 148 Å². The van der Waals surface area contributed by atoms with Crippen LogP contribution in [0.2, 0.25) is 5.15 Å². The molecule has 0 bridgehead atoms. The van der Waals surface area contributed by atoms with Gasteiger partial charge in [-0.3, -0.25) is 4.98 Å². The van der Waals surface area contributed by atoms with Gasteiger partial charge in [0.15, 0.2) is 17.1 Å². The lowest BCUT2D eigenvalue weighted by molar-refractivity contribution is 0.318. The number of hydrogen-bond acceptors (Lipinski definition) is 8. The average molecular weight is 365 g/mol. The van der Waals surface area contributed by atoms with E-state index in [4.69, 9.17) is 31.5 Å². The van der Waals surface area contributed by atoms with E-state index < -0.39 is 0 Å². The van der Waals surface area contributed by atoms with Crippen molar-refractivity contribution >= 4 is 28.6 Å². The highest BCUT2D eigenvalue weighted by atomic mass is 35.5. The molecule has 0 aliphatic rings. The lowest BCUT2D eigenvalue weighted by Gasteiger charge is -2.15. The van der Waals surface area contributed by atoms with Crippen LogP contribution in [0.1, 0.15) is 11.4 Å². The van der Waals surface area contributed by atoms with Gasteiger partial charge in [-0.05, 0) is 6.92 Å². The Morgan fingerprint density at radius 2 is 1.84 bits per heavy atom. The van der Waals surface area contributed by atoms with Crippen LogP contribution in [0.15, 0.2) is 6.20 Å². The van der Waals surface area contributed by atoms with Crippen LogP contribution < -0.4 is 19.9 Å². The van der Waals surface area contributed by atoms with E-state index in [1.165, 1.54) is 21.3 Å². The molecule has 0 saturated carbocycles. The van der Waals surface area contributed by atoms with Gasteiger partial charge < -0.3 is 19.9 Å². The second-order valence-electron chi connectivity index (χ2n) is 5.15. The van der Waals surface area contributed by atoms with Gasteiger partial charge in [0.2, 0.25) is 11.7 Å². The second kappa shape index (κ2) is 6.60. The minimum Gasteiger partial charge on any atom is -0.491 e. The molecule has 0 saturated heterocycles. The summed E-state index contributed by atoms with van der Waals surface area (Å²) in [5.74, 6) is 1.46. The molecular formula is C15H17ClN6O3. The molecule has 0 unspecified atom stereocenters. The quantitative estimate of drug-likeness (QED) is 0.683. The number of hydrogen-bond donors (Lipinski definition) is 1. The van der Waals surface area contributed by atoms with Gasteiger partial charge in [-0.25, -0.2) is 9.67 Å². The summed E-state index contributed by atoms with van der Waals surface area (Å²) in [6.07, 6.45) is 1.56. The van der Waals surface area contributed by atoms with Gasteiger partial charge in [0.1, 0.15) is 10.8 Å². The Kier molecular flexibility index (Phi) is 4.49. The Bertz CT molecular complexity index is 943. The van der Waals surface area contributed by atoms with Gasteiger partial charge >= 0.3 is 0 Å². The fourth-order valence-electron chi connectivity index (χ4n) is 2.63. The topological polar surface area (TPSA) is 110 Å². The molecule has 9 nitrogen and oxygen atoms in total. The molecule has 132 valence electrons. The van der Waals surface area contributed by atoms with Gasteiger partial charge in [-0.2, -0.15) is 10.1 Å². The number of nitrogens with two attached hydrogens (primary N) is 1. The van der Waals surface area contributed by atoms with Crippen molar-refractivity contribution in [3.05, 3.63) is 22.7 Å². The van der Waals surface area contributed by atoms with E-state index in [1.807, 2.05) is 6.92 Å². The third kappa shape index (κ3) is 2.86. The van der Waals surface area contributed by atoms with Gasteiger partial charge in [-0.1, -0.05) is 11.6 Å². The molecule has 2 N–H and O–H groups in total. The molecule has 0 radical (unpaired) electrons. The zero-order valence-electron chi connectivity index (χ0n) is 14.2. The first-order valence-electron chi connectivity index (χ1n) is 7.30. The summed E-state index contributed by atoms with van der Waals surface area (Å²) in [4.78, 5) is 12.6. The molecule has 3 aromatic rings. The van der Waals surface area contributed by atoms with Crippen molar-refractivity contribution in [3.8, 4) is 17.2 Å². The molecule has 3 heterocycles. The largest absolute Gasteiger partial charge is 0.491 e. The predicted octanol–water partition coefficient (Wildman–Crippen LogP) is 1.84. The summed E-state index contributed by atoms with van der Waals surface area (Å²) in [5.41, 5.74) is 7.52. The maximum atomic E-state index is 6.17. The van der Waals surface area contributed by atoms with Crippen molar-refractivity contribution in [1.82, 2.24) is 24.7 Å². The standard InChI is InChI=1S/C15H17ClN6O3/c1-7-10-13(16)19-15(17)20-14(10)22(21-7)6-8-11(24-3)12(25-4)9(23-2)5-18-8/h5H,6H2,1-4H3,(H2,17,19,20). The molecule has 0 amide bonds. The van der Waals surface area contributed by atoms with Crippen LogP contribution in [-0.2, 0) is 6.54 Å². The summed E-state index contributed by atoms with van der Waals surface area (Å²) < 4.78 is 17.7. The summed E-state index contributed by atoms with van der Waals surface area (Å²) in [5, 5.41) is 5.38. The van der Waals surface area contributed by atoms with Crippen molar-refractivity contribution < 1.29 is 14.2 Å². The summed E-state index contributed by atoms with van der Waals surface area (Å²) in [6.45, 7) is 2.10. The normalized spacial score (nSPS) is 10.9. The fourth-order valence-corrected chi connectivity index (χ4v) is 2.93. The number of nitrogens with zero attached hydrogens (tertiary/aromatic N) is 5. The first-order valence-corrected chi connectivity index (χ1v) is 7.67. The van der Waals surface area contributed by atoms with E-state index in [9.17, 15) is 0 Å². The van der Waals surface area contributed by atoms with Crippen LogP contribution >= 0.6 is 11.6 Å². The van der Waals surface area contributed by atoms with Crippen molar-refractivity contribution in [1.29, 1.82) is 0 Å². The number of nitrogen functional groups attached to an aromatic ring is 1. The lowest BCUT2D eigenvalue weighted by Crippen LogP contribution is -2.09. The zero-order chi connectivity index (χ0) is 18.1. The maximum Gasteiger partial charge on any atom is 0.223 e. The monoisotopic (exact) mass is 364 g/mol. The summed E-state index contributed by atoms with van der Waals surface area (Å²) in [7, 11) is 4.60. The van der Waals surface area contributed by atoms with Crippen LogP contribution in [0.25, 0.3) is 11.0 Å². The Balaban J connectivity index is 2.14. The van der Waals surface area contributed by atoms with Crippen molar-refractivity contribution in [2.75, 3.05) is 27.1 Å². The van der Waals surface area contributed by atoms with E-state index in [2.05, 4.69) is 20.1 Å². The Morgan fingerprint density at radius 3 is 2.48 bits per heavy atom. The van der Waals surface area contributed by atoms with Crippen LogP contribution in [-0.4, -0.2) is 46.1 Å². The minimum absolute atomic E-state index is 0.0749. The van der Waals surface area contributed by atoms with E-state index in [1.54, 1.807) is 10.9 Å². The fraction of sp³-hybridized carbons (Fsp3) is 0.333. The molecule has 0 spiro atoms. The summed E-state index contributed by atoms with van der Waals surface area (Å²) >= 11 is 6.17. The van der Waals surface area contributed by atoms with Crippen molar-refractivity contribution in [2.24, 2.45) is 0 Å². The minimum atomic E-state index is 0.0749. The van der Waals surface area contributed by atoms with Gasteiger partial charge in [0, 0.05) is 0 Å². The highest BCUT2D eigenvalue weighted by molar-refractivity contribution is 6.34. The number of ether oxygens (including phenoxy) is 3. The molecule has 0 aromatic carbocycles. The van der Waals surface area contributed by atoms with Gasteiger partial charge in [0.25, 0.3) is 0 Å². The third-order valence-corrected chi connectivity index (χ3v) is 3.97. The second-order valence-corrected chi connectivity index (χ2v) is 5.51. The number of aromatic nitrogens is 5. The number of rotatable bonds is 5. The van der Waals surface area contributed by atoms with Crippen LogP contribution in [0, 0.1) is 6.92 Å². The van der Waals surface area contributed by atoms with Crippen molar-refractivity contribution in [2.45, 2.75) is 13.5 Å². The van der Waals surface area contributed by atoms with E-state index in [0.29, 0.717) is 39.7 Å². The van der Waals surface area contributed by atoms with E-state index in [0.717, 1.165) is 0 Å². The molecule has 3 aromatic heterocycles. The average Bonchev–Trinajstić information content (AvgIpc) is 2.89. The zero-order valence-corrected chi connectivity index (χ0v) is 15.0. The van der Waals surface area contributed by atoms with Gasteiger partial charge in [-0.15, -0.1) is 0 Å². The molecule has 10 heteroatoms. The first kappa shape index (κ1) is 17.0. The molecule has 25 heavy (non-hydrogen) atoms. The highest BCUT2D eigenvalue weighted by Gasteiger charge is 2.20. The Morgan fingerprint density at radius 1 is 1.12 bits per heavy atom. The van der Waals surface area contributed by atoms with E-state index in [-0.39, 0.29) is 17.6 Å². The Hall–Kier alpha value is -2.81. The number of fused-ring (bicyclic) bond motifs is 1. The van der Waals surface area contributed by atoms with Crippen LogP contribution in [0.4, 0.5) is 5.95 Å².